The van der Waals surface area contributed by atoms with Crippen molar-refractivity contribution in [3.63, 3.8) is 0 Å². The molecule has 2 unspecified atom stereocenters. The van der Waals surface area contributed by atoms with Crippen LogP contribution in [0.1, 0.15) is 6.42 Å². The average molecular weight is 132 g/mol. The van der Waals surface area contributed by atoms with Gasteiger partial charge < -0.3 is 0 Å². The molecule has 0 aromatic carbocycles. The van der Waals surface area contributed by atoms with Crippen LogP contribution < -0.4 is 0 Å². The fourth-order valence-corrected chi connectivity index (χ4v) is 1.25. The fourth-order valence-electron chi connectivity index (χ4n) is 0.854. The van der Waals surface area contributed by atoms with Gasteiger partial charge in [-0.15, -0.1) is 0 Å². The van der Waals surface area contributed by atoms with Crippen molar-refractivity contribution in [2.45, 2.75) is 12.5 Å². The summed E-state index contributed by atoms with van der Waals surface area (Å²) in [5.74, 6) is 0. The van der Waals surface area contributed by atoms with E-state index in [1.807, 2.05) is 4.67 Å². The Morgan fingerprint density at radius 3 is 2.75 bits per heavy atom. The third-order valence-electron chi connectivity index (χ3n) is 1.34. The van der Waals surface area contributed by atoms with Gasteiger partial charge in [-0.1, -0.05) is 14.6 Å². The summed E-state index contributed by atoms with van der Waals surface area (Å²) in [6, 6.07) is 0.0486. The normalized spacial score (nSPS) is 30.9. The predicted octanol–water partition coefficient (Wildman–Crippen LogP) is 0.617. The Morgan fingerprint density at radius 1 is 1.75 bits per heavy atom. The summed E-state index contributed by atoms with van der Waals surface area (Å²) in [6.45, 7) is 1.80. The predicted molar refractivity (Wildman–Crippen MR) is 35.5 cm³/mol. The Balaban J connectivity index is 2.32. The number of nitroso groups, excluding NO2 is 1. The van der Waals surface area contributed by atoms with Gasteiger partial charge in [0.25, 0.3) is 0 Å². The molecule has 0 amide bonds. The molecular weight excluding hydrogens is 123 g/mol. The van der Waals surface area contributed by atoms with Crippen molar-refractivity contribution in [3.05, 3.63) is 4.91 Å². The van der Waals surface area contributed by atoms with Crippen molar-refractivity contribution in [2.75, 3.05) is 13.1 Å². The van der Waals surface area contributed by atoms with Crippen LogP contribution in [-0.4, -0.2) is 23.8 Å². The number of rotatable bonds is 1. The van der Waals surface area contributed by atoms with Gasteiger partial charge in [-0.05, 0) is 6.42 Å². The van der Waals surface area contributed by atoms with E-state index < -0.39 is 0 Å². The molecule has 0 bridgehead atoms. The summed E-state index contributed by atoms with van der Waals surface area (Å²) in [6.07, 6.45) is 0.924. The third kappa shape index (κ3) is 1.23. The molecule has 0 N–H and O–H groups in total. The maximum atomic E-state index is 9.87. The molecule has 46 valence electrons. The lowest BCUT2D eigenvalue weighted by Crippen LogP contribution is -2.08. The molecule has 0 aromatic heterocycles. The summed E-state index contributed by atoms with van der Waals surface area (Å²) in [5.41, 5.74) is 0. The Hall–Kier alpha value is -0.0100. The minimum atomic E-state index is 0.0486. The minimum absolute atomic E-state index is 0.0486. The maximum absolute atomic E-state index is 9.87. The van der Waals surface area contributed by atoms with Crippen molar-refractivity contribution >= 4 is 9.39 Å². The molecule has 1 aliphatic rings. The van der Waals surface area contributed by atoms with E-state index in [9.17, 15) is 4.91 Å². The summed E-state index contributed by atoms with van der Waals surface area (Å²) in [7, 11) is 2.56. The molecule has 1 fully saturated rings. The number of nitrogens with zero attached hydrogens (tertiary/aromatic N) is 2. The summed E-state index contributed by atoms with van der Waals surface area (Å²) in [5, 5.41) is 2.93. The molecule has 8 heavy (non-hydrogen) atoms. The molecule has 0 saturated carbocycles. The Labute approximate surface area is 50.7 Å². The van der Waals surface area contributed by atoms with E-state index in [1.165, 1.54) is 0 Å². The summed E-state index contributed by atoms with van der Waals surface area (Å²) < 4.78 is 2.03. The van der Waals surface area contributed by atoms with Crippen LogP contribution in [0, 0.1) is 4.91 Å². The highest BCUT2D eigenvalue weighted by molar-refractivity contribution is 7.13. The van der Waals surface area contributed by atoms with Crippen LogP contribution in [0.5, 0.6) is 0 Å². The molecular formula is C4H9N2OP. The molecule has 1 heterocycles. The van der Waals surface area contributed by atoms with Gasteiger partial charge in [0.15, 0.2) is 0 Å². The lowest BCUT2D eigenvalue weighted by molar-refractivity contribution is 0.572. The first-order valence-corrected chi connectivity index (χ1v) is 3.16. The smallest absolute Gasteiger partial charge is 0.106 e. The first-order valence-electron chi connectivity index (χ1n) is 2.65. The highest BCUT2D eigenvalue weighted by Crippen LogP contribution is 2.14. The molecule has 0 aliphatic carbocycles. The molecule has 0 radical (unpaired) electrons. The van der Waals surface area contributed by atoms with Crippen molar-refractivity contribution in [1.82, 2.24) is 4.67 Å². The van der Waals surface area contributed by atoms with Crippen molar-refractivity contribution in [3.8, 4) is 0 Å². The topological polar surface area (TPSA) is 32.7 Å². The van der Waals surface area contributed by atoms with Crippen LogP contribution in [0.4, 0.5) is 0 Å². The molecule has 2 atom stereocenters. The van der Waals surface area contributed by atoms with Crippen molar-refractivity contribution in [2.24, 2.45) is 5.18 Å². The Kier molecular flexibility index (Phi) is 1.92. The first-order chi connectivity index (χ1) is 3.83. The third-order valence-corrected chi connectivity index (χ3v) is 1.81. The lowest BCUT2D eigenvalue weighted by Gasteiger charge is -2.01. The second-order valence-corrected chi connectivity index (χ2v) is 2.77. The van der Waals surface area contributed by atoms with Gasteiger partial charge in [0.05, 0.1) is 0 Å². The summed E-state index contributed by atoms with van der Waals surface area (Å²) >= 11 is 0. The number of hydrogen-bond donors (Lipinski definition) is 0. The minimum Gasteiger partial charge on any atom is -0.285 e. The van der Waals surface area contributed by atoms with E-state index >= 15 is 0 Å². The molecule has 1 saturated heterocycles. The zero-order valence-corrected chi connectivity index (χ0v) is 5.73. The molecule has 4 heteroatoms. The summed E-state index contributed by atoms with van der Waals surface area (Å²) in [4.78, 5) is 9.87. The molecule has 3 nitrogen and oxygen atoms in total. The zero-order chi connectivity index (χ0) is 5.98. The van der Waals surface area contributed by atoms with E-state index in [1.54, 1.807) is 0 Å². The van der Waals surface area contributed by atoms with Crippen LogP contribution in [0.2, 0.25) is 0 Å². The second kappa shape index (κ2) is 2.51. The average Bonchev–Trinajstić information content (AvgIpc) is 2.14. The van der Waals surface area contributed by atoms with E-state index in [4.69, 9.17) is 0 Å². The lowest BCUT2D eigenvalue weighted by atomic mass is 10.3. The van der Waals surface area contributed by atoms with E-state index in [-0.39, 0.29) is 6.04 Å². The Morgan fingerprint density at radius 2 is 2.50 bits per heavy atom. The van der Waals surface area contributed by atoms with Gasteiger partial charge >= 0.3 is 0 Å². The van der Waals surface area contributed by atoms with E-state index in [0.717, 1.165) is 19.5 Å². The van der Waals surface area contributed by atoms with Crippen LogP contribution >= 0.6 is 9.39 Å². The van der Waals surface area contributed by atoms with Crippen LogP contribution in [0.15, 0.2) is 5.18 Å². The zero-order valence-electron chi connectivity index (χ0n) is 4.58. The quantitative estimate of drug-likeness (QED) is 0.387. The van der Waals surface area contributed by atoms with Gasteiger partial charge in [0.2, 0.25) is 0 Å². The van der Waals surface area contributed by atoms with Gasteiger partial charge in [-0.3, -0.25) is 4.67 Å². The van der Waals surface area contributed by atoms with Crippen molar-refractivity contribution in [1.29, 1.82) is 0 Å². The largest absolute Gasteiger partial charge is 0.285 e. The van der Waals surface area contributed by atoms with Crippen LogP contribution in [0.25, 0.3) is 0 Å². The molecule has 1 aliphatic heterocycles. The fraction of sp³-hybridized carbons (Fsp3) is 1.00. The van der Waals surface area contributed by atoms with Crippen LogP contribution in [0.3, 0.4) is 0 Å². The van der Waals surface area contributed by atoms with Crippen molar-refractivity contribution < 1.29 is 0 Å². The maximum Gasteiger partial charge on any atom is 0.106 e. The van der Waals surface area contributed by atoms with Gasteiger partial charge in [0.1, 0.15) is 6.04 Å². The standard InChI is InChI=1S/C4H9N2OP/c7-5-4-1-2-6(8)3-4/h4H,1-3,8H2. The Bertz CT molecular complexity index is 98.0. The molecule has 1 rings (SSSR count). The highest BCUT2D eigenvalue weighted by atomic mass is 31.0. The first kappa shape index (κ1) is 6.12. The second-order valence-electron chi connectivity index (χ2n) is 2.04. The van der Waals surface area contributed by atoms with Crippen LogP contribution in [-0.2, 0) is 0 Å². The van der Waals surface area contributed by atoms with E-state index in [2.05, 4.69) is 14.6 Å². The van der Waals surface area contributed by atoms with Gasteiger partial charge in [0, 0.05) is 13.1 Å². The molecule has 0 aromatic rings. The van der Waals surface area contributed by atoms with Gasteiger partial charge in [-0.25, -0.2) is 0 Å². The molecule has 0 spiro atoms. The highest BCUT2D eigenvalue weighted by Gasteiger charge is 2.19. The van der Waals surface area contributed by atoms with Gasteiger partial charge in [-0.2, -0.15) is 4.91 Å². The monoisotopic (exact) mass is 132 g/mol. The van der Waals surface area contributed by atoms with E-state index in [0.29, 0.717) is 0 Å². The number of hydrogen-bond acceptors (Lipinski definition) is 3. The SMILES string of the molecule is O=NC1CCN(P)C1.